The van der Waals surface area contributed by atoms with Crippen LogP contribution in [0.1, 0.15) is 30.9 Å². The summed E-state index contributed by atoms with van der Waals surface area (Å²) in [4.78, 5) is 10.2. The second kappa shape index (κ2) is 8.78. The first-order valence-electron chi connectivity index (χ1n) is 9.15. The maximum absolute atomic E-state index is 12.6. The van der Waals surface area contributed by atoms with E-state index in [1.807, 2.05) is 18.2 Å². The van der Waals surface area contributed by atoms with Crippen LogP contribution in [0.5, 0.6) is 0 Å². The van der Waals surface area contributed by atoms with Crippen molar-refractivity contribution in [3.8, 4) is 0 Å². The Balaban J connectivity index is 1.50. The van der Waals surface area contributed by atoms with E-state index in [4.69, 9.17) is 0 Å². The van der Waals surface area contributed by atoms with E-state index in [9.17, 15) is 18.5 Å². The molecule has 0 radical (unpaired) electrons. The van der Waals surface area contributed by atoms with Gasteiger partial charge >= 0.3 is 0 Å². The SMILES string of the molecule is CN(CCCC1CC(c2ccccc2)NN1)S(=O)(=O)c1ccc([N+](=O)[O-])cc1. The average Bonchev–Trinajstić information content (AvgIpc) is 3.17. The Hall–Kier alpha value is -2.33. The summed E-state index contributed by atoms with van der Waals surface area (Å²) in [6, 6.07) is 15.7. The van der Waals surface area contributed by atoms with E-state index < -0.39 is 14.9 Å². The largest absolute Gasteiger partial charge is 0.269 e. The van der Waals surface area contributed by atoms with Gasteiger partial charge in [-0.25, -0.2) is 12.7 Å². The Morgan fingerprint density at radius 3 is 2.43 bits per heavy atom. The van der Waals surface area contributed by atoms with Gasteiger partial charge in [0.25, 0.3) is 5.69 Å². The van der Waals surface area contributed by atoms with E-state index in [1.165, 1.54) is 41.2 Å². The van der Waals surface area contributed by atoms with Gasteiger partial charge in [0.1, 0.15) is 0 Å². The third-order valence-corrected chi connectivity index (χ3v) is 6.84. The Morgan fingerprint density at radius 2 is 1.79 bits per heavy atom. The predicted octanol–water partition coefficient (Wildman–Crippen LogP) is 2.60. The van der Waals surface area contributed by atoms with Crippen molar-refractivity contribution < 1.29 is 13.3 Å². The minimum absolute atomic E-state index is 0.0606. The lowest BCUT2D eigenvalue weighted by Crippen LogP contribution is -2.32. The van der Waals surface area contributed by atoms with Crippen molar-refractivity contribution in [3.05, 3.63) is 70.3 Å². The number of hydrogen-bond donors (Lipinski definition) is 2. The summed E-state index contributed by atoms with van der Waals surface area (Å²) < 4.78 is 26.5. The second-order valence-electron chi connectivity index (χ2n) is 6.90. The second-order valence-corrected chi connectivity index (χ2v) is 8.95. The number of nitrogens with zero attached hydrogens (tertiary/aromatic N) is 2. The summed E-state index contributed by atoms with van der Waals surface area (Å²) in [5.74, 6) is 0. The molecule has 1 aliphatic rings. The van der Waals surface area contributed by atoms with E-state index in [0.717, 1.165) is 12.8 Å². The molecule has 2 atom stereocenters. The number of nitrogens with one attached hydrogen (secondary N) is 2. The van der Waals surface area contributed by atoms with Gasteiger partial charge in [-0.05, 0) is 37.0 Å². The van der Waals surface area contributed by atoms with Crippen molar-refractivity contribution in [2.45, 2.75) is 36.2 Å². The zero-order valence-electron chi connectivity index (χ0n) is 15.6. The van der Waals surface area contributed by atoms with Gasteiger partial charge in [0.15, 0.2) is 0 Å². The van der Waals surface area contributed by atoms with Gasteiger partial charge in [0.05, 0.1) is 9.82 Å². The topological polar surface area (TPSA) is 105 Å². The zero-order valence-corrected chi connectivity index (χ0v) is 16.4. The van der Waals surface area contributed by atoms with Crippen LogP contribution in [0, 0.1) is 10.1 Å². The van der Waals surface area contributed by atoms with Crippen LogP contribution in [0.15, 0.2) is 59.5 Å². The summed E-state index contributed by atoms with van der Waals surface area (Å²) in [7, 11) is -2.12. The fourth-order valence-electron chi connectivity index (χ4n) is 3.32. The van der Waals surface area contributed by atoms with E-state index in [0.29, 0.717) is 13.0 Å². The number of rotatable bonds is 8. The maximum Gasteiger partial charge on any atom is 0.269 e. The van der Waals surface area contributed by atoms with E-state index in [2.05, 4.69) is 23.0 Å². The molecule has 9 heteroatoms. The maximum atomic E-state index is 12.6. The van der Waals surface area contributed by atoms with E-state index >= 15 is 0 Å². The van der Waals surface area contributed by atoms with Crippen LogP contribution in [-0.2, 0) is 10.0 Å². The van der Waals surface area contributed by atoms with Crippen LogP contribution in [0.3, 0.4) is 0 Å². The molecule has 150 valence electrons. The number of non-ortho nitro benzene ring substituents is 1. The monoisotopic (exact) mass is 404 g/mol. The molecule has 2 aromatic carbocycles. The minimum atomic E-state index is -3.66. The lowest BCUT2D eigenvalue weighted by molar-refractivity contribution is -0.384. The van der Waals surface area contributed by atoms with Gasteiger partial charge in [-0.1, -0.05) is 30.3 Å². The molecule has 3 rings (SSSR count). The molecule has 2 N–H and O–H groups in total. The van der Waals surface area contributed by atoms with Crippen molar-refractivity contribution >= 4 is 15.7 Å². The first-order chi connectivity index (χ1) is 13.4. The van der Waals surface area contributed by atoms with Gasteiger partial charge < -0.3 is 0 Å². The number of benzene rings is 2. The summed E-state index contributed by atoms with van der Waals surface area (Å²) in [6.07, 6.45) is 2.50. The quantitative estimate of drug-likeness (QED) is 0.518. The smallest absolute Gasteiger partial charge is 0.258 e. The van der Waals surface area contributed by atoms with Crippen LogP contribution in [0.4, 0.5) is 5.69 Å². The highest BCUT2D eigenvalue weighted by molar-refractivity contribution is 7.89. The van der Waals surface area contributed by atoms with Gasteiger partial charge in [-0.2, -0.15) is 0 Å². The van der Waals surface area contributed by atoms with Crippen LogP contribution < -0.4 is 10.9 Å². The molecular weight excluding hydrogens is 380 g/mol. The third-order valence-electron chi connectivity index (χ3n) is 4.97. The molecule has 0 amide bonds. The molecule has 28 heavy (non-hydrogen) atoms. The molecule has 1 aliphatic heterocycles. The van der Waals surface area contributed by atoms with Gasteiger partial charge in [0, 0.05) is 37.8 Å². The molecule has 0 aliphatic carbocycles. The standard InChI is InChI=1S/C19H24N4O4S/c1-22(28(26,27)18-11-9-17(10-12-18)23(24)25)13-5-8-16-14-19(21-20-16)15-6-3-2-4-7-15/h2-4,6-7,9-12,16,19-21H,5,8,13-14H2,1H3. The fourth-order valence-corrected chi connectivity index (χ4v) is 4.53. The molecule has 2 unspecified atom stereocenters. The lowest BCUT2D eigenvalue weighted by atomic mass is 10.00. The summed E-state index contributed by atoms with van der Waals surface area (Å²) >= 11 is 0. The van der Waals surface area contributed by atoms with Crippen LogP contribution in [-0.4, -0.2) is 37.3 Å². The highest BCUT2D eigenvalue weighted by atomic mass is 32.2. The summed E-state index contributed by atoms with van der Waals surface area (Å²) in [5.41, 5.74) is 7.68. The van der Waals surface area contributed by atoms with Gasteiger partial charge in [0.2, 0.25) is 10.0 Å². The molecule has 0 spiro atoms. The molecule has 0 saturated carbocycles. The molecule has 8 nitrogen and oxygen atoms in total. The Kier molecular flexibility index (Phi) is 6.40. The molecular formula is C19H24N4O4S. The van der Waals surface area contributed by atoms with Crippen LogP contribution in [0.2, 0.25) is 0 Å². The van der Waals surface area contributed by atoms with Crippen molar-refractivity contribution in [2.24, 2.45) is 0 Å². The highest BCUT2D eigenvalue weighted by Gasteiger charge is 2.26. The Labute approximate surface area is 164 Å². The summed E-state index contributed by atoms with van der Waals surface area (Å²) in [5, 5.41) is 10.7. The molecule has 1 saturated heterocycles. The zero-order chi connectivity index (χ0) is 20.1. The number of nitro benzene ring substituents is 1. The number of nitro groups is 1. The minimum Gasteiger partial charge on any atom is -0.258 e. The molecule has 0 bridgehead atoms. The molecule has 0 aromatic heterocycles. The first kappa shape index (κ1) is 20.4. The number of hydrazine groups is 1. The average molecular weight is 404 g/mol. The Morgan fingerprint density at radius 1 is 1.11 bits per heavy atom. The van der Waals surface area contributed by atoms with Crippen molar-refractivity contribution in [1.82, 2.24) is 15.2 Å². The normalized spacial score (nSPS) is 19.8. The van der Waals surface area contributed by atoms with Crippen molar-refractivity contribution in [2.75, 3.05) is 13.6 Å². The number of hydrogen-bond acceptors (Lipinski definition) is 6. The number of sulfonamides is 1. The van der Waals surface area contributed by atoms with Crippen molar-refractivity contribution in [3.63, 3.8) is 0 Å². The summed E-state index contributed by atoms with van der Waals surface area (Å²) in [6.45, 7) is 0.382. The van der Waals surface area contributed by atoms with E-state index in [1.54, 1.807) is 0 Å². The lowest BCUT2D eigenvalue weighted by Gasteiger charge is -2.18. The first-order valence-corrected chi connectivity index (χ1v) is 10.6. The Bertz CT molecular complexity index is 903. The van der Waals surface area contributed by atoms with Crippen molar-refractivity contribution in [1.29, 1.82) is 0 Å². The van der Waals surface area contributed by atoms with Crippen LogP contribution in [0.25, 0.3) is 0 Å². The molecule has 2 aromatic rings. The van der Waals surface area contributed by atoms with E-state index in [-0.39, 0.29) is 22.7 Å². The van der Waals surface area contributed by atoms with Gasteiger partial charge in [-0.3, -0.25) is 21.0 Å². The fraction of sp³-hybridized carbons (Fsp3) is 0.368. The van der Waals surface area contributed by atoms with Crippen LogP contribution >= 0.6 is 0 Å². The predicted molar refractivity (Wildman–Crippen MR) is 106 cm³/mol. The third kappa shape index (κ3) is 4.74. The highest BCUT2D eigenvalue weighted by Crippen LogP contribution is 2.24. The van der Waals surface area contributed by atoms with Gasteiger partial charge in [-0.15, -0.1) is 0 Å². The molecule has 1 fully saturated rings. The molecule has 1 heterocycles.